The van der Waals surface area contributed by atoms with Crippen LogP contribution in [0.4, 0.5) is 0 Å². The largest absolute Gasteiger partial charge is 0.549 e. The normalized spacial score (nSPS) is 10.8. The number of carbonyl (C=O) groups is 4. The second-order valence-corrected chi connectivity index (χ2v) is 5.60. The van der Waals surface area contributed by atoms with E-state index in [0.717, 1.165) is 9.80 Å². The maximum atomic E-state index is 10.7. The van der Waals surface area contributed by atoms with E-state index < -0.39 is 50.1 Å². The first-order chi connectivity index (χ1) is 12.2. The Balaban J connectivity index is 2.86. The predicted molar refractivity (Wildman–Crippen MR) is 77.0 cm³/mol. The number of hydrogen-bond acceptors (Lipinski definition) is 10. The molecule has 0 atom stereocenters. The summed E-state index contributed by atoms with van der Waals surface area (Å²) in [7, 11) is 0. The molecule has 0 aliphatic heterocycles. The van der Waals surface area contributed by atoms with Crippen molar-refractivity contribution in [2.24, 2.45) is 0 Å². The number of benzene rings is 1. The van der Waals surface area contributed by atoms with Crippen LogP contribution in [0.3, 0.4) is 0 Å². The van der Waals surface area contributed by atoms with Crippen LogP contribution in [0.2, 0.25) is 0 Å². The van der Waals surface area contributed by atoms with Crippen molar-refractivity contribution in [1.29, 1.82) is 0 Å². The minimum absolute atomic E-state index is 0.0310. The van der Waals surface area contributed by atoms with E-state index in [1.165, 1.54) is 0 Å². The van der Waals surface area contributed by atoms with E-state index in [2.05, 4.69) is 0 Å². The van der Waals surface area contributed by atoms with Gasteiger partial charge in [0.05, 0.1) is 23.9 Å². The number of hydrogen-bond donors (Lipinski definition) is 0. The lowest BCUT2D eigenvalue weighted by molar-refractivity contribution is -0.313. The average molecular weight is 364 g/mol. The maximum absolute atomic E-state index is 10.7. The van der Waals surface area contributed by atoms with Gasteiger partial charge in [0.15, 0.2) is 0 Å². The highest BCUT2D eigenvalue weighted by atomic mass is 16.4. The van der Waals surface area contributed by atoms with Crippen LogP contribution in [0, 0.1) is 0 Å². The quantitative estimate of drug-likeness (QED) is 0.348. The Morgan fingerprint density at radius 1 is 0.654 bits per heavy atom. The molecule has 1 aromatic carbocycles. The van der Waals surface area contributed by atoms with Gasteiger partial charge in [-0.1, -0.05) is 24.3 Å². The number of nitrogens with zero attached hydrogens (tertiary/aromatic N) is 2. The maximum Gasteiger partial charge on any atom is 0.0555 e. The summed E-state index contributed by atoms with van der Waals surface area (Å²) in [5.41, 5.74) is 1.10. The van der Waals surface area contributed by atoms with E-state index in [1.807, 2.05) is 0 Å². The van der Waals surface area contributed by atoms with E-state index in [4.69, 9.17) is 0 Å². The molecule has 0 saturated heterocycles. The molecule has 0 aliphatic carbocycles. The highest BCUT2D eigenvalue weighted by Crippen LogP contribution is 2.11. The number of rotatable bonds is 12. The lowest BCUT2D eigenvalue weighted by atomic mass is 10.1. The summed E-state index contributed by atoms with van der Waals surface area (Å²) >= 11 is 0. The molecule has 0 amide bonds. The van der Waals surface area contributed by atoms with E-state index >= 15 is 0 Å². The molecule has 1 rings (SSSR count). The number of aliphatic carboxylic acids is 4. The fourth-order valence-corrected chi connectivity index (χ4v) is 2.41. The molecule has 10 nitrogen and oxygen atoms in total. The molecule has 26 heavy (non-hydrogen) atoms. The lowest BCUT2D eigenvalue weighted by Crippen LogP contribution is -2.44. The van der Waals surface area contributed by atoms with Crippen molar-refractivity contribution in [2.45, 2.75) is 13.1 Å². The van der Waals surface area contributed by atoms with E-state index in [1.54, 1.807) is 24.3 Å². The molecular formula is C16H16N2O8-4. The van der Waals surface area contributed by atoms with Gasteiger partial charge in [-0.3, -0.25) is 9.80 Å². The predicted octanol–water partition coefficient (Wildman–Crippen LogP) is -5.71. The van der Waals surface area contributed by atoms with Gasteiger partial charge in [-0.05, 0) is 11.1 Å². The lowest BCUT2D eigenvalue weighted by Gasteiger charge is -2.25. The van der Waals surface area contributed by atoms with Crippen molar-refractivity contribution >= 4 is 23.9 Å². The highest BCUT2D eigenvalue weighted by Gasteiger charge is 2.10. The molecule has 142 valence electrons. The smallest absolute Gasteiger partial charge is 0.0555 e. The molecule has 0 radical (unpaired) electrons. The summed E-state index contributed by atoms with van der Waals surface area (Å²) in [6.45, 7) is -2.51. The topological polar surface area (TPSA) is 167 Å². The zero-order valence-electron chi connectivity index (χ0n) is 13.7. The van der Waals surface area contributed by atoms with Crippen LogP contribution in [0.1, 0.15) is 11.1 Å². The molecule has 1 aromatic rings. The van der Waals surface area contributed by atoms with Crippen molar-refractivity contribution in [1.82, 2.24) is 9.80 Å². The van der Waals surface area contributed by atoms with Crippen molar-refractivity contribution in [3.05, 3.63) is 35.4 Å². The number of carbonyl (C=O) groups excluding carboxylic acids is 4. The molecule has 0 fully saturated rings. The van der Waals surface area contributed by atoms with Crippen LogP contribution < -0.4 is 20.4 Å². The summed E-state index contributed by atoms with van der Waals surface area (Å²) in [5.74, 6) is -5.79. The fraction of sp³-hybridized carbons (Fsp3) is 0.375. The van der Waals surface area contributed by atoms with E-state index in [9.17, 15) is 39.6 Å². The zero-order valence-corrected chi connectivity index (χ0v) is 13.7. The Morgan fingerprint density at radius 3 is 1.23 bits per heavy atom. The van der Waals surface area contributed by atoms with Crippen LogP contribution in [-0.4, -0.2) is 59.9 Å². The standard InChI is InChI=1S/C16H20N2O8/c19-13(20)7-17(8-14(21)22)5-11-2-1-3-12(4-11)6-18(9-15(23)24)10-16(25)26/h1-4H,5-10H2,(H,19,20)(H,21,22)(H,23,24)(H,25,26)/p-4. The fourth-order valence-electron chi connectivity index (χ4n) is 2.41. The van der Waals surface area contributed by atoms with Crippen LogP contribution >= 0.6 is 0 Å². The molecule has 0 aromatic heterocycles. The van der Waals surface area contributed by atoms with Gasteiger partial charge >= 0.3 is 0 Å². The minimum atomic E-state index is -1.45. The Morgan fingerprint density at radius 2 is 0.962 bits per heavy atom. The summed E-state index contributed by atoms with van der Waals surface area (Å²) in [6, 6.07) is 6.40. The Kier molecular flexibility index (Phi) is 8.19. The molecule has 0 spiro atoms. The van der Waals surface area contributed by atoms with Gasteiger partial charge < -0.3 is 39.6 Å². The van der Waals surface area contributed by atoms with Gasteiger partial charge in [-0.15, -0.1) is 0 Å². The summed E-state index contributed by atoms with van der Waals surface area (Å²) in [5, 5.41) is 42.8. The second-order valence-electron chi connectivity index (χ2n) is 5.60. The monoisotopic (exact) mass is 364 g/mol. The van der Waals surface area contributed by atoms with E-state index in [0.29, 0.717) is 11.1 Å². The first-order valence-corrected chi connectivity index (χ1v) is 7.47. The molecule has 0 bridgehead atoms. The third-order valence-corrected chi connectivity index (χ3v) is 3.21. The van der Waals surface area contributed by atoms with Gasteiger partial charge in [-0.2, -0.15) is 0 Å². The van der Waals surface area contributed by atoms with Crippen molar-refractivity contribution in [3.8, 4) is 0 Å². The Bertz CT molecular complexity index is 591. The Labute approximate surface area is 148 Å². The third-order valence-electron chi connectivity index (χ3n) is 3.21. The molecule has 0 unspecified atom stereocenters. The SMILES string of the molecule is O=C([O-])CN(CC(=O)[O-])Cc1cccc(CN(CC(=O)[O-])CC(=O)[O-])c1. The first-order valence-electron chi connectivity index (χ1n) is 7.47. The number of carboxylic acids is 4. The molecule has 0 aliphatic rings. The van der Waals surface area contributed by atoms with Crippen molar-refractivity contribution < 1.29 is 39.6 Å². The molecule has 0 N–H and O–H groups in total. The second kappa shape index (κ2) is 10.1. The molecule has 0 heterocycles. The molecule has 10 heteroatoms. The van der Waals surface area contributed by atoms with Gasteiger partial charge in [0.2, 0.25) is 0 Å². The van der Waals surface area contributed by atoms with E-state index in [-0.39, 0.29) is 13.1 Å². The van der Waals surface area contributed by atoms with Crippen LogP contribution in [-0.2, 0) is 32.3 Å². The third kappa shape index (κ3) is 8.76. The zero-order chi connectivity index (χ0) is 19.7. The van der Waals surface area contributed by atoms with Crippen molar-refractivity contribution in [2.75, 3.05) is 26.2 Å². The van der Waals surface area contributed by atoms with Crippen LogP contribution in [0.5, 0.6) is 0 Å². The number of carboxylic acid groups (broad SMARTS) is 4. The van der Waals surface area contributed by atoms with Crippen LogP contribution in [0.15, 0.2) is 24.3 Å². The average Bonchev–Trinajstić information content (AvgIpc) is 2.44. The summed E-state index contributed by atoms with van der Waals surface area (Å²) < 4.78 is 0. The van der Waals surface area contributed by atoms with Gasteiger partial charge in [0.25, 0.3) is 0 Å². The minimum Gasteiger partial charge on any atom is -0.549 e. The molecule has 0 saturated carbocycles. The summed E-state index contributed by atoms with van der Waals surface area (Å²) in [6.07, 6.45) is 0. The molecular weight excluding hydrogens is 348 g/mol. The summed E-state index contributed by atoms with van der Waals surface area (Å²) in [4.78, 5) is 45.0. The van der Waals surface area contributed by atoms with Gasteiger partial charge in [0.1, 0.15) is 0 Å². The van der Waals surface area contributed by atoms with Crippen molar-refractivity contribution in [3.63, 3.8) is 0 Å². The van der Waals surface area contributed by atoms with Gasteiger partial charge in [0, 0.05) is 39.3 Å². The Hall–Kier alpha value is -2.98. The van der Waals surface area contributed by atoms with Crippen LogP contribution in [0.25, 0.3) is 0 Å². The first kappa shape index (κ1) is 21.1. The van der Waals surface area contributed by atoms with Gasteiger partial charge in [-0.25, -0.2) is 0 Å². The highest BCUT2D eigenvalue weighted by molar-refractivity contribution is 5.70.